The molecule has 0 fully saturated rings. The topological polar surface area (TPSA) is 93.9 Å². The fourth-order valence-corrected chi connectivity index (χ4v) is 1.38. The average molecular weight is 239 g/mol. The Balaban J connectivity index is 2.20. The van der Waals surface area contributed by atoms with E-state index in [1.165, 1.54) is 12.5 Å². The monoisotopic (exact) mass is 239 g/mol. The first-order valence-corrected chi connectivity index (χ1v) is 5.12. The first kappa shape index (κ1) is 11.5. The number of H-pyrrole nitrogens is 1. The van der Waals surface area contributed by atoms with E-state index in [0.29, 0.717) is 0 Å². The molecule has 0 aliphatic rings. The Morgan fingerprint density at radius 2 is 2.11 bits per heavy atom. The number of aromatic amines is 1. The molecule has 1 heterocycles. The summed E-state index contributed by atoms with van der Waals surface area (Å²) >= 11 is 0. The van der Waals surface area contributed by atoms with Gasteiger partial charge in [0.2, 0.25) is 0 Å². The Morgan fingerprint density at radius 3 is 2.72 bits per heavy atom. The number of aromatic nitrogens is 2. The zero-order chi connectivity index (χ0) is 12.8. The summed E-state index contributed by atoms with van der Waals surface area (Å²) in [6, 6.07) is 7.31. The molecule has 0 aliphatic carbocycles. The summed E-state index contributed by atoms with van der Waals surface area (Å²) < 4.78 is 0. The molecule has 1 aromatic carbocycles. The smallest absolute Gasteiger partial charge is 0.312 e. The maximum Gasteiger partial charge on any atom is 0.344 e. The summed E-state index contributed by atoms with van der Waals surface area (Å²) in [6.07, 6.45) is 6.17. The molecule has 1 aromatic heterocycles. The third-order valence-electron chi connectivity index (χ3n) is 2.22. The molecule has 88 valence electrons. The van der Waals surface area contributed by atoms with Crippen molar-refractivity contribution in [3.05, 3.63) is 47.1 Å². The van der Waals surface area contributed by atoms with Crippen molar-refractivity contribution >= 4 is 12.0 Å². The van der Waals surface area contributed by atoms with Crippen LogP contribution in [0, 0.1) is 11.5 Å². The van der Waals surface area contributed by atoms with E-state index < -0.39 is 0 Å². The van der Waals surface area contributed by atoms with E-state index in [2.05, 4.69) is 20.3 Å². The number of nitriles is 1. The van der Waals surface area contributed by atoms with E-state index in [1.54, 1.807) is 24.5 Å². The number of hydrogen-bond donors (Lipinski definition) is 2. The Morgan fingerprint density at radius 1 is 1.33 bits per heavy atom. The SMILES string of the molecule is N#CNC=Nc1ccc(-c2cnc(=O)[nH]c2)cc1. The number of aliphatic imine (C=N–C) groups is 1. The number of hydrogen-bond acceptors (Lipinski definition) is 4. The van der Waals surface area contributed by atoms with Gasteiger partial charge in [-0.25, -0.2) is 14.8 Å². The molecule has 0 saturated carbocycles. The molecule has 2 rings (SSSR count). The Labute approximate surface area is 103 Å². The van der Waals surface area contributed by atoms with Crippen molar-refractivity contribution in [3.63, 3.8) is 0 Å². The van der Waals surface area contributed by atoms with Crippen molar-refractivity contribution in [2.45, 2.75) is 0 Å². The van der Waals surface area contributed by atoms with Crippen LogP contribution < -0.4 is 11.0 Å². The van der Waals surface area contributed by atoms with Crippen LogP contribution in [-0.4, -0.2) is 16.3 Å². The molecule has 0 radical (unpaired) electrons. The molecule has 0 spiro atoms. The van der Waals surface area contributed by atoms with E-state index in [0.717, 1.165) is 16.8 Å². The molecule has 6 heteroatoms. The molecule has 0 atom stereocenters. The minimum absolute atomic E-state index is 0.373. The molecule has 0 unspecified atom stereocenters. The van der Waals surface area contributed by atoms with Gasteiger partial charge < -0.3 is 4.98 Å². The lowest BCUT2D eigenvalue weighted by Crippen LogP contribution is -2.07. The summed E-state index contributed by atoms with van der Waals surface area (Å²) in [7, 11) is 0. The van der Waals surface area contributed by atoms with Crippen molar-refractivity contribution in [3.8, 4) is 17.3 Å². The van der Waals surface area contributed by atoms with Gasteiger partial charge in [-0.05, 0) is 17.7 Å². The van der Waals surface area contributed by atoms with Crippen LogP contribution in [0.4, 0.5) is 5.69 Å². The van der Waals surface area contributed by atoms with E-state index in [-0.39, 0.29) is 5.69 Å². The van der Waals surface area contributed by atoms with Crippen molar-refractivity contribution in [2.75, 3.05) is 0 Å². The van der Waals surface area contributed by atoms with Crippen molar-refractivity contribution in [2.24, 2.45) is 4.99 Å². The normalized spacial score (nSPS) is 10.2. The Hall–Kier alpha value is -2.94. The predicted octanol–water partition coefficient (Wildman–Crippen LogP) is 1.17. The van der Waals surface area contributed by atoms with Crippen LogP contribution in [-0.2, 0) is 0 Å². The van der Waals surface area contributed by atoms with E-state index >= 15 is 0 Å². The first-order chi connectivity index (χ1) is 8.79. The summed E-state index contributed by atoms with van der Waals surface area (Å²) in [5.41, 5.74) is 2.09. The van der Waals surface area contributed by atoms with Crippen LogP contribution in [0.5, 0.6) is 0 Å². The van der Waals surface area contributed by atoms with Gasteiger partial charge in [-0.3, -0.25) is 5.32 Å². The number of benzene rings is 1. The van der Waals surface area contributed by atoms with Crippen LogP contribution in [0.2, 0.25) is 0 Å². The summed E-state index contributed by atoms with van der Waals surface area (Å²) in [4.78, 5) is 21.0. The standard InChI is InChI=1S/C12H9N5O/c13-7-14-8-17-11-3-1-9(2-4-11)10-5-15-12(18)16-6-10/h1-6,8H,(H,14,17)(H,15,16,18). The van der Waals surface area contributed by atoms with Gasteiger partial charge in [-0.2, -0.15) is 5.26 Å². The van der Waals surface area contributed by atoms with Crippen LogP contribution >= 0.6 is 0 Å². The molecular weight excluding hydrogens is 230 g/mol. The maximum atomic E-state index is 10.8. The second-order valence-electron chi connectivity index (χ2n) is 3.37. The Bertz CT molecular complexity index is 631. The molecule has 0 saturated heterocycles. The van der Waals surface area contributed by atoms with Gasteiger partial charge in [-0.15, -0.1) is 0 Å². The lowest BCUT2D eigenvalue weighted by Gasteiger charge is -2.00. The van der Waals surface area contributed by atoms with Gasteiger partial charge in [0.05, 0.1) is 5.69 Å². The zero-order valence-electron chi connectivity index (χ0n) is 9.29. The zero-order valence-corrected chi connectivity index (χ0v) is 9.29. The lowest BCUT2D eigenvalue weighted by molar-refractivity contribution is 1.08. The fraction of sp³-hybridized carbons (Fsp3) is 0. The fourth-order valence-electron chi connectivity index (χ4n) is 1.38. The van der Waals surface area contributed by atoms with Crippen LogP contribution in [0.1, 0.15) is 0 Å². The van der Waals surface area contributed by atoms with Gasteiger partial charge >= 0.3 is 5.69 Å². The highest BCUT2D eigenvalue weighted by molar-refractivity contribution is 5.66. The second-order valence-corrected chi connectivity index (χ2v) is 3.37. The Kier molecular flexibility index (Phi) is 3.47. The third kappa shape index (κ3) is 2.80. The number of nitrogens with one attached hydrogen (secondary N) is 2. The van der Waals surface area contributed by atoms with Crippen molar-refractivity contribution < 1.29 is 0 Å². The van der Waals surface area contributed by atoms with E-state index in [1.807, 2.05) is 12.1 Å². The molecule has 2 aromatic rings. The molecular formula is C12H9N5O. The summed E-state index contributed by atoms with van der Waals surface area (Å²) in [6.45, 7) is 0. The van der Waals surface area contributed by atoms with Gasteiger partial charge in [0, 0.05) is 18.0 Å². The van der Waals surface area contributed by atoms with Crippen LogP contribution in [0.25, 0.3) is 11.1 Å². The maximum absolute atomic E-state index is 10.8. The quantitative estimate of drug-likeness (QED) is 0.364. The number of nitrogens with zero attached hydrogens (tertiary/aromatic N) is 3. The lowest BCUT2D eigenvalue weighted by atomic mass is 10.1. The molecule has 0 aliphatic heterocycles. The van der Waals surface area contributed by atoms with Gasteiger partial charge in [-0.1, -0.05) is 12.1 Å². The third-order valence-corrected chi connectivity index (χ3v) is 2.22. The largest absolute Gasteiger partial charge is 0.344 e. The van der Waals surface area contributed by atoms with Gasteiger partial charge in [0.25, 0.3) is 0 Å². The highest BCUT2D eigenvalue weighted by Gasteiger charge is 1.97. The van der Waals surface area contributed by atoms with Crippen LogP contribution in [0.15, 0.2) is 46.4 Å². The molecule has 18 heavy (non-hydrogen) atoms. The van der Waals surface area contributed by atoms with Crippen LogP contribution in [0.3, 0.4) is 0 Å². The molecule has 6 nitrogen and oxygen atoms in total. The molecule has 2 N–H and O–H groups in total. The second kappa shape index (κ2) is 5.41. The summed E-state index contributed by atoms with van der Waals surface area (Å²) in [5.74, 6) is 0. The highest BCUT2D eigenvalue weighted by Crippen LogP contribution is 2.20. The minimum Gasteiger partial charge on any atom is -0.312 e. The predicted molar refractivity (Wildman–Crippen MR) is 67.2 cm³/mol. The van der Waals surface area contributed by atoms with Gasteiger partial charge in [0.15, 0.2) is 6.19 Å². The van der Waals surface area contributed by atoms with Gasteiger partial charge in [0.1, 0.15) is 6.34 Å². The molecule has 0 amide bonds. The first-order valence-electron chi connectivity index (χ1n) is 5.12. The molecule has 0 bridgehead atoms. The van der Waals surface area contributed by atoms with E-state index in [4.69, 9.17) is 5.26 Å². The van der Waals surface area contributed by atoms with Crippen molar-refractivity contribution in [1.29, 1.82) is 5.26 Å². The van der Waals surface area contributed by atoms with E-state index in [9.17, 15) is 4.79 Å². The highest BCUT2D eigenvalue weighted by atomic mass is 16.1. The summed E-state index contributed by atoms with van der Waals surface area (Å²) in [5, 5.41) is 10.6. The minimum atomic E-state index is -0.373. The number of rotatable bonds is 3. The average Bonchev–Trinajstić information content (AvgIpc) is 2.41. The van der Waals surface area contributed by atoms with Crippen molar-refractivity contribution in [1.82, 2.24) is 15.3 Å².